The van der Waals surface area contributed by atoms with Crippen LogP contribution in [0, 0.1) is 5.41 Å². The highest BCUT2D eigenvalue weighted by Crippen LogP contribution is 2.18. The summed E-state index contributed by atoms with van der Waals surface area (Å²) in [6.07, 6.45) is 6.46. The highest BCUT2D eigenvalue weighted by molar-refractivity contribution is 5.94. The number of aromatic nitrogens is 1. The van der Waals surface area contributed by atoms with Gasteiger partial charge in [-0.2, -0.15) is 0 Å². The van der Waals surface area contributed by atoms with Gasteiger partial charge < -0.3 is 9.47 Å². The average Bonchev–Trinajstić information content (AvgIpc) is 2.68. The number of esters is 1. The topological polar surface area (TPSA) is 65.5 Å². The molecule has 1 heterocycles. The van der Waals surface area contributed by atoms with Crippen molar-refractivity contribution in [3.8, 4) is 0 Å². The van der Waals surface area contributed by atoms with E-state index in [1.165, 1.54) is 18.1 Å². The molecule has 5 nitrogen and oxygen atoms in total. The lowest BCUT2D eigenvalue weighted by Gasteiger charge is -2.24. The monoisotopic (exact) mass is 409 g/mol. The fourth-order valence-electron chi connectivity index (χ4n) is 2.86. The van der Waals surface area contributed by atoms with Crippen molar-refractivity contribution in [1.29, 1.82) is 0 Å². The van der Waals surface area contributed by atoms with Crippen LogP contribution in [0.4, 0.5) is 0 Å². The predicted molar refractivity (Wildman–Crippen MR) is 118 cm³/mol. The maximum absolute atomic E-state index is 11.5. The summed E-state index contributed by atoms with van der Waals surface area (Å²) in [5.41, 5.74) is 4.36. The quantitative estimate of drug-likeness (QED) is 0.400. The highest BCUT2D eigenvalue weighted by Gasteiger charge is 2.21. The first kappa shape index (κ1) is 23.5. The molecule has 0 atom stereocenters. The van der Waals surface area contributed by atoms with Crippen LogP contribution in [0.5, 0.6) is 0 Å². The number of carbonyl (C=O) groups is 2. The minimum absolute atomic E-state index is 0.181. The van der Waals surface area contributed by atoms with Gasteiger partial charge in [0.15, 0.2) is 0 Å². The summed E-state index contributed by atoms with van der Waals surface area (Å²) < 4.78 is 11.0. The second-order valence-corrected chi connectivity index (χ2v) is 8.47. The Morgan fingerprint density at radius 2 is 1.77 bits per heavy atom. The second kappa shape index (κ2) is 11.4. The molecular weight excluding hydrogens is 378 g/mol. The maximum atomic E-state index is 11.5. The van der Waals surface area contributed by atoms with E-state index in [0.717, 1.165) is 17.6 Å². The SMILES string of the molecule is CC(=O)CC(=O)OCC(C)(C)COCC(C)=Cc1ccc(Cc2cccnc2)cc1. The summed E-state index contributed by atoms with van der Waals surface area (Å²) in [5.74, 6) is -0.682. The molecule has 0 saturated heterocycles. The third-order valence-electron chi connectivity index (χ3n) is 4.36. The van der Waals surface area contributed by atoms with Crippen LogP contribution in [-0.4, -0.2) is 36.6 Å². The molecule has 1 aromatic heterocycles. The van der Waals surface area contributed by atoms with Gasteiger partial charge in [-0.25, -0.2) is 0 Å². The molecule has 0 unspecified atom stereocenters. The Morgan fingerprint density at radius 3 is 2.40 bits per heavy atom. The number of carbonyl (C=O) groups excluding carboxylic acids is 2. The van der Waals surface area contributed by atoms with Gasteiger partial charge >= 0.3 is 5.97 Å². The lowest BCUT2D eigenvalue weighted by molar-refractivity contribution is -0.149. The van der Waals surface area contributed by atoms with Crippen molar-refractivity contribution >= 4 is 17.8 Å². The van der Waals surface area contributed by atoms with Gasteiger partial charge in [0.2, 0.25) is 0 Å². The van der Waals surface area contributed by atoms with Crippen molar-refractivity contribution in [1.82, 2.24) is 4.98 Å². The Morgan fingerprint density at radius 1 is 1.03 bits per heavy atom. The zero-order valence-electron chi connectivity index (χ0n) is 18.3. The van der Waals surface area contributed by atoms with Crippen LogP contribution in [-0.2, 0) is 25.5 Å². The zero-order valence-corrected chi connectivity index (χ0v) is 18.3. The van der Waals surface area contributed by atoms with Crippen molar-refractivity contribution in [2.24, 2.45) is 5.41 Å². The molecule has 0 amide bonds. The molecular formula is C25H31NO4. The summed E-state index contributed by atoms with van der Waals surface area (Å²) in [6, 6.07) is 12.5. The minimum Gasteiger partial charge on any atom is -0.465 e. The van der Waals surface area contributed by atoms with E-state index in [4.69, 9.17) is 9.47 Å². The van der Waals surface area contributed by atoms with E-state index in [9.17, 15) is 9.59 Å². The summed E-state index contributed by atoms with van der Waals surface area (Å²) in [4.78, 5) is 26.6. The summed E-state index contributed by atoms with van der Waals surface area (Å²) in [6.45, 7) is 8.52. The smallest absolute Gasteiger partial charge is 0.313 e. The van der Waals surface area contributed by atoms with Gasteiger partial charge in [0, 0.05) is 17.8 Å². The molecule has 0 aliphatic rings. The van der Waals surface area contributed by atoms with Crippen LogP contribution in [0.25, 0.3) is 6.08 Å². The molecule has 30 heavy (non-hydrogen) atoms. The molecule has 0 N–H and O–H groups in total. The van der Waals surface area contributed by atoms with E-state index in [0.29, 0.717) is 13.2 Å². The largest absolute Gasteiger partial charge is 0.465 e. The number of pyridine rings is 1. The molecule has 0 bridgehead atoms. The van der Waals surface area contributed by atoms with Gasteiger partial charge in [0.25, 0.3) is 0 Å². The average molecular weight is 410 g/mol. The predicted octanol–water partition coefficient (Wildman–Crippen LogP) is 4.64. The van der Waals surface area contributed by atoms with Crippen LogP contribution in [0.1, 0.15) is 50.8 Å². The Labute approximate surface area is 179 Å². The number of Topliss-reactive ketones (excluding diaryl/α,β-unsaturated/α-hetero) is 1. The summed E-state index contributed by atoms with van der Waals surface area (Å²) >= 11 is 0. The first-order chi connectivity index (χ1) is 14.2. The van der Waals surface area contributed by atoms with E-state index in [1.807, 2.05) is 33.0 Å². The molecule has 5 heteroatoms. The lowest BCUT2D eigenvalue weighted by atomic mass is 9.96. The fourth-order valence-corrected chi connectivity index (χ4v) is 2.86. The molecule has 0 fully saturated rings. The normalized spacial score (nSPS) is 11.9. The molecule has 2 rings (SSSR count). The highest BCUT2D eigenvalue weighted by atomic mass is 16.5. The Hall–Kier alpha value is -2.79. The number of benzene rings is 1. The van der Waals surface area contributed by atoms with E-state index >= 15 is 0 Å². The number of ether oxygens (including phenoxy) is 2. The van der Waals surface area contributed by atoms with Crippen LogP contribution < -0.4 is 0 Å². The van der Waals surface area contributed by atoms with Gasteiger partial charge in [-0.1, -0.05) is 50.3 Å². The third-order valence-corrected chi connectivity index (χ3v) is 4.36. The molecule has 0 spiro atoms. The number of hydrogen-bond donors (Lipinski definition) is 0. The zero-order chi connectivity index (χ0) is 22.0. The number of hydrogen-bond acceptors (Lipinski definition) is 5. The number of ketones is 1. The van der Waals surface area contributed by atoms with Crippen LogP contribution in [0.2, 0.25) is 0 Å². The number of nitrogens with zero attached hydrogens (tertiary/aromatic N) is 1. The van der Waals surface area contributed by atoms with E-state index in [2.05, 4.69) is 41.4 Å². The number of rotatable bonds is 11. The maximum Gasteiger partial charge on any atom is 0.313 e. The van der Waals surface area contributed by atoms with Crippen molar-refractivity contribution in [3.63, 3.8) is 0 Å². The van der Waals surface area contributed by atoms with Crippen molar-refractivity contribution < 1.29 is 19.1 Å². The summed E-state index contributed by atoms with van der Waals surface area (Å²) in [7, 11) is 0. The molecule has 0 radical (unpaired) electrons. The van der Waals surface area contributed by atoms with Gasteiger partial charge in [-0.15, -0.1) is 0 Å². The van der Waals surface area contributed by atoms with Gasteiger partial charge in [0.1, 0.15) is 12.2 Å². The van der Waals surface area contributed by atoms with Crippen LogP contribution in [0.3, 0.4) is 0 Å². The minimum atomic E-state index is -0.487. The van der Waals surface area contributed by atoms with Crippen LogP contribution >= 0.6 is 0 Å². The standard InChI is InChI=1S/C25H31NO4/c1-19(16-29-17-25(3,4)18-30-24(28)13-20(2)27)12-21-7-9-22(10-8-21)14-23-6-5-11-26-15-23/h5-12,15H,13-14,16-18H2,1-4H3. The molecule has 0 aliphatic carbocycles. The third kappa shape index (κ3) is 9.14. The van der Waals surface area contributed by atoms with E-state index in [1.54, 1.807) is 6.20 Å². The fraction of sp³-hybridized carbons (Fsp3) is 0.400. The second-order valence-electron chi connectivity index (χ2n) is 8.47. The summed E-state index contributed by atoms with van der Waals surface area (Å²) in [5, 5.41) is 0. The Bertz CT molecular complexity index is 854. The van der Waals surface area contributed by atoms with Gasteiger partial charge in [0.05, 0.1) is 19.8 Å². The Kier molecular flexibility index (Phi) is 8.93. The molecule has 0 saturated carbocycles. The molecule has 2 aromatic rings. The first-order valence-corrected chi connectivity index (χ1v) is 10.1. The van der Waals surface area contributed by atoms with E-state index < -0.39 is 5.97 Å². The van der Waals surface area contributed by atoms with Crippen molar-refractivity contribution in [3.05, 3.63) is 71.1 Å². The Balaban J connectivity index is 1.77. The van der Waals surface area contributed by atoms with Crippen LogP contribution in [0.15, 0.2) is 54.4 Å². The lowest BCUT2D eigenvalue weighted by Crippen LogP contribution is -2.28. The molecule has 0 aliphatic heterocycles. The van der Waals surface area contributed by atoms with Gasteiger partial charge in [-0.05, 0) is 48.6 Å². The van der Waals surface area contributed by atoms with E-state index in [-0.39, 0.29) is 24.2 Å². The van der Waals surface area contributed by atoms with Crippen molar-refractivity contribution in [2.45, 2.75) is 40.5 Å². The van der Waals surface area contributed by atoms with Gasteiger partial charge in [-0.3, -0.25) is 14.6 Å². The first-order valence-electron chi connectivity index (χ1n) is 10.1. The molecule has 160 valence electrons. The van der Waals surface area contributed by atoms with Crippen molar-refractivity contribution in [2.75, 3.05) is 19.8 Å². The molecule has 1 aromatic carbocycles.